The van der Waals surface area contributed by atoms with E-state index >= 15 is 0 Å². The number of aliphatic hydroxyl groups is 1. The zero-order chi connectivity index (χ0) is 26.8. The number of imidazole rings is 1. The maximum Gasteiger partial charge on any atom is 0.311 e. The predicted octanol–water partition coefficient (Wildman–Crippen LogP) is 4.07. The topological polar surface area (TPSA) is 110 Å². The smallest absolute Gasteiger partial charge is 0.311 e. The largest absolute Gasteiger partial charge is 0.465 e. The molecule has 2 rings (SSSR count). The molecular formula is C26H37N5O4. The molecule has 0 saturated carbocycles. The Morgan fingerprint density at radius 3 is 2.43 bits per heavy atom. The van der Waals surface area contributed by atoms with E-state index < -0.39 is 11.9 Å². The number of nitrogens with one attached hydrogen (secondary N) is 1. The summed E-state index contributed by atoms with van der Waals surface area (Å²) >= 11 is 0. The number of esters is 1. The number of rotatable bonds is 9. The molecule has 0 unspecified atom stereocenters. The summed E-state index contributed by atoms with van der Waals surface area (Å²) in [5.41, 5.74) is 1.14. The minimum absolute atomic E-state index is 0.140. The van der Waals surface area contributed by atoms with Crippen molar-refractivity contribution in [2.45, 2.75) is 40.7 Å². The van der Waals surface area contributed by atoms with Crippen molar-refractivity contribution in [3.63, 3.8) is 0 Å². The van der Waals surface area contributed by atoms with Crippen LogP contribution in [0.3, 0.4) is 0 Å². The monoisotopic (exact) mass is 483 g/mol. The number of carbonyl (C=O) groups excluding carboxylic acids is 2. The molecule has 0 spiro atoms. The van der Waals surface area contributed by atoms with Crippen LogP contribution in [0.2, 0.25) is 0 Å². The number of hydrogen-bond acceptors (Lipinski definition) is 7. The fraction of sp³-hybridized carbons (Fsp3) is 0.385. The van der Waals surface area contributed by atoms with Gasteiger partial charge in [-0.3, -0.25) is 19.1 Å². The quantitative estimate of drug-likeness (QED) is 0.314. The van der Waals surface area contributed by atoms with Gasteiger partial charge in [-0.05, 0) is 30.5 Å². The van der Waals surface area contributed by atoms with Crippen LogP contribution in [0, 0.1) is 5.41 Å². The number of amides is 1. The summed E-state index contributed by atoms with van der Waals surface area (Å²) in [6.07, 6.45) is 4.64. The molecule has 2 N–H and O–H groups in total. The molecule has 9 nitrogen and oxygen atoms in total. The Kier molecular flexibility index (Phi) is 11.1. The van der Waals surface area contributed by atoms with Gasteiger partial charge in [0.15, 0.2) is 5.82 Å². The maximum absolute atomic E-state index is 12.9. The van der Waals surface area contributed by atoms with Crippen molar-refractivity contribution in [3.05, 3.63) is 67.2 Å². The van der Waals surface area contributed by atoms with E-state index in [-0.39, 0.29) is 42.1 Å². The van der Waals surface area contributed by atoms with Crippen LogP contribution in [0.5, 0.6) is 0 Å². The van der Waals surface area contributed by atoms with Gasteiger partial charge in [-0.1, -0.05) is 40.0 Å². The maximum atomic E-state index is 12.9. The molecule has 190 valence electrons. The summed E-state index contributed by atoms with van der Waals surface area (Å²) < 4.78 is 7.07. The number of ether oxygens (including phenoxy) is 1. The standard InChI is InChI=1S/C23H31N5O4.C3H6/c1-8-15(2)28-18(12-19(30)32-14-23(3,4)5)20(26-22(28)27(6)7)25-21(31)16-10-9-11-24-17(16)13-29;1-3-2/h8-11,29H,1-2,12-14H2,3-7H3,(H,25,31);3H,1H2,2H3. The van der Waals surface area contributed by atoms with E-state index in [1.54, 1.807) is 41.8 Å². The molecule has 9 heteroatoms. The van der Waals surface area contributed by atoms with Gasteiger partial charge in [-0.15, -0.1) is 6.58 Å². The lowest BCUT2D eigenvalue weighted by atomic mass is 9.99. The Labute approximate surface area is 207 Å². The third kappa shape index (κ3) is 8.53. The first-order valence-electron chi connectivity index (χ1n) is 11.1. The van der Waals surface area contributed by atoms with Crippen molar-refractivity contribution in [1.29, 1.82) is 0 Å². The molecule has 0 radical (unpaired) electrons. The second-order valence-corrected chi connectivity index (χ2v) is 9.05. The van der Waals surface area contributed by atoms with Gasteiger partial charge in [0.1, 0.15) is 0 Å². The Morgan fingerprint density at radius 2 is 1.91 bits per heavy atom. The highest BCUT2D eigenvalue weighted by Crippen LogP contribution is 2.28. The number of anilines is 2. The molecule has 2 heterocycles. The second kappa shape index (κ2) is 13.2. The van der Waals surface area contributed by atoms with Gasteiger partial charge in [0.2, 0.25) is 5.95 Å². The van der Waals surface area contributed by atoms with Crippen LogP contribution < -0.4 is 10.2 Å². The van der Waals surface area contributed by atoms with Crippen molar-refractivity contribution in [3.8, 4) is 0 Å². The minimum atomic E-state index is -0.509. The van der Waals surface area contributed by atoms with E-state index in [0.717, 1.165) is 0 Å². The first-order valence-corrected chi connectivity index (χ1v) is 11.1. The van der Waals surface area contributed by atoms with E-state index in [1.807, 2.05) is 27.7 Å². The van der Waals surface area contributed by atoms with Crippen LogP contribution in [0.1, 0.15) is 49.4 Å². The fourth-order valence-electron chi connectivity index (χ4n) is 2.83. The average molecular weight is 484 g/mol. The van der Waals surface area contributed by atoms with Crippen LogP contribution >= 0.6 is 0 Å². The third-order valence-electron chi connectivity index (χ3n) is 4.37. The molecule has 0 aliphatic rings. The summed E-state index contributed by atoms with van der Waals surface area (Å²) in [6, 6.07) is 3.15. The molecule has 2 aromatic heterocycles. The zero-order valence-corrected chi connectivity index (χ0v) is 21.6. The molecule has 2 aromatic rings. The highest BCUT2D eigenvalue weighted by molar-refractivity contribution is 6.05. The molecule has 35 heavy (non-hydrogen) atoms. The average Bonchev–Trinajstić information content (AvgIpc) is 3.15. The number of nitrogens with zero attached hydrogens (tertiary/aromatic N) is 4. The zero-order valence-electron chi connectivity index (χ0n) is 21.6. The molecule has 0 saturated heterocycles. The Bertz CT molecular complexity index is 1060. The highest BCUT2D eigenvalue weighted by atomic mass is 16.5. The molecule has 0 aliphatic carbocycles. The summed E-state index contributed by atoms with van der Waals surface area (Å²) in [7, 11) is 3.57. The van der Waals surface area contributed by atoms with Crippen molar-refractivity contribution in [2.75, 3.05) is 30.9 Å². The van der Waals surface area contributed by atoms with Gasteiger partial charge in [-0.2, -0.15) is 4.98 Å². The van der Waals surface area contributed by atoms with Crippen molar-refractivity contribution in [1.82, 2.24) is 14.5 Å². The van der Waals surface area contributed by atoms with E-state index in [4.69, 9.17) is 4.74 Å². The molecule has 0 fully saturated rings. The highest BCUT2D eigenvalue weighted by Gasteiger charge is 2.25. The van der Waals surface area contributed by atoms with Gasteiger partial charge in [-0.25, -0.2) is 0 Å². The normalized spacial score (nSPS) is 10.5. The number of hydrogen-bond donors (Lipinski definition) is 2. The summed E-state index contributed by atoms with van der Waals surface area (Å²) in [5.74, 6) is -0.332. The van der Waals surface area contributed by atoms with Gasteiger partial charge in [0.05, 0.1) is 36.6 Å². The van der Waals surface area contributed by atoms with Crippen molar-refractivity contribution in [2.24, 2.45) is 5.41 Å². The minimum Gasteiger partial charge on any atom is -0.465 e. The molecule has 1 amide bonds. The van der Waals surface area contributed by atoms with Gasteiger partial charge < -0.3 is 20.1 Å². The number of aliphatic hydroxyl groups excluding tert-OH is 1. The molecule has 0 bridgehead atoms. The SMILES string of the molecule is C=CC.C=CC(=C)n1c(N(C)C)nc(NC(=O)c2cccnc2CO)c1CC(=O)OCC(C)(C)C. The lowest BCUT2D eigenvalue weighted by molar-refractivity contribution is -0.145. The van der Waals surface area contributed by atoms with Crippen LogP contribution in [0.15, 0.2) is 50.2 Å². The number of aromatic nitrogens is 3. The van der Waals surface area contributed by atoms with Crippen LogP contribution in [0.25, 0.3) is 5.70 Å². The fourth-order valence-corrected chi connectivity index (χ4v) is 2.83. The van der Waals surface area contributed by atoms with E-state index in [9.17, 15) is 14.7 Å². The van der Waals surface area contributed by atoms with E-state index in [2.05, 4.69) is 35.0 Å². The molecule has 0 atom stereocenters. The predicted molar refractivity (Wildman–Crippen MR) is 140 cm³/mol. The molecular weight excluding hydrogens is 446 g/mol. The van der Waals surface area contributed by atoms with Crippen molar-refractivity contribution < 1.29 is 19.4 Å². The molecule has 0 aromatic carbocycles. The Hall–Kier alpha value is -3.72. The number of allylic oxidation sites excluding steroid dienone is 3. The van der Waals surface area contributed by atoms with E-state index in [0.29, 0.717) is 17.3 Å². The number of pyridine rings is 1. The molecule has 0 aliphatic heterocycles. The van der Waals surface area contributed by atoms with Gasteiger partial charge in [0.25, 0.3) is 5.91 Å². The first-order chi connectivity index (χ1) is 16.4. The summed E-state index contributed by atoms with van der Waals surface area (Å²) in [6.45, 7) is 18.8. The van der Waals surface area contributed by atoms with Gasteiger partial charge >= 0.3 is 5.97 Å². The Balaban J connectivity index is 0.00000194. The van der Waals surface area contributed by atoms with Gasteiger partial charge in [0, 0.05) is 26.0 Å². The van der Waals surface area contributed by atoms with Crippen LogP contribution in [0.4, 0.5) is 11.8 Å². The lowest BCUT2D eigenvalue weighted by Gasteiger charge is -2.19. The summed E-state index contributed by atoms with van der Waals surface area (Å²) in [4.78, 5) is 35.8. The Morgan fingerprint density at radius 1 is 1.29 bits per heavy atom. The van der Waals surface area contributed by atoms with Crippen LogP contribution in [-0.4, -0.2) is 52.2 Å². The lowest BCUT2D eigenvalue weighted by Crippen LogP contribution is -2.22. The van der Waals surface area contributed by atoms with Crippen molar-refractivity contribution >= 4 is 29.3 Å². The second-order valence-electron chi connectivity index (χ2n) is 9.05. The first kappa shape index (κ1) is 29.3. The summed E-state index contributed by atoms with van der Waals surface area (Å²) in [5, 5.41) is 12.2. The van der Waals surface area contributed by atoms with E-state index in [1.165, 1.54) is 12.3 Å². The number of carbonyl (C=O) groups is 2. The van der Waals surface area contributed by atoms with Crippen LogP contribution in [-0.2, 0) is 22.6 Å². The third-order valence-corrected chi connectivity index (χ3v) is 4.37.